The fourth-order valence-electron chi connectivity index (χ4n) is 1.84. The number of benzene rings is 1. The van der Waals surface area contributed by atoms with Crippen LogP contribution in [-0.2, 0) is 0 Å². The molecule has 1 aliphatic rings. The van der Waals surface area contributed by atoms with Gasteiger partial charge in [0, 0.05) is 23.2 Å². The van der Waals surface area contributed by atoms with Crippen LogP contribution in [0.5, 0.6) is 5.75 Å². The Hall–Kier alpha value is -2.23. The van der Waals surface area contributed by atoms with Gasteiger partial charge in [-0.2, -0.15) is 0 Å². The van der Waals surface area contributed by atoms with Gasteiger partial charge in [0.15, 0.2) is 0 Å². The van der Waals surface area contributed by atoms with Crippen LogP contribution in [0.25, 0.3) is 11.4 Å². The predicted octanol–water partition coefficient (Wildman–Crippen LogP) is 2.70. The number of imidazole rings is 1. The molecule has 4 nitrogen and oxygen atoms in total. The molecule has 0 aliphatic carbocycles. The first-order valence-electron chi connectivity index (χ1n) is 5.46. The molecule has 1 aromatic carbocycles. The molecule has 0 bridgehead atoms. The van der Waals surface area contributed by atoms with E-state index >= 15 is 0 Å². The summed E-state index contributed by atoms with van der Waals surface area (Å²) >= 11 is 0. The molecule has 2 heterocycles. The van der Waals surface area contributed by atoms with Crippen molar-refractivity contribution in [3.8, 4) is 17.1 Å². The maximum atomic E-state index is 5.60. The van der Waals surface area contributed by atoms with Gasteiger partial charge in [0.2, 0.25) is 0 Å². The summed E-state index contributed by atoms with van der Waals surface area (Å²) in [5, 5.41) is 3.19. The Kier molecular flexibility index (Phi) is 2.14. The Morgan fingerprint density at radius 3 is 3.06 bits per heavy atom. The number of rotatable bonds is 1. The van der Waals surface area contributed by atoms with Crippen molar-refractivity contribution in [3.05, 3.63) is 42.4 Å². The zero-order valence-electron chi connectivity index (χ0n) is 9.58. The molecule has 0 saturated heterocycles. The molecule has 17 heavy (non-hydrogen) atoms. The van der Waals surface area contributed by atoms with Crippen molar-refractivity contribution < 1.29 is 4.74 Å². The number of nitrogens with one attached hydrogen (secondary N) is 2. The molecule has 0 spiro atoms. The van der Waals surface area contributed by atoms with Gasteiger partial charge in [-0.15, -0.1) is 0 Å². The highest BCUT2D eigenvalue weighted by Crippen LogP contribution is 2.33. The van der Waals surface area contributed by atoms with Gasteiger partial charge in [-0.3, -0.25) is 0 Å². The van der Waals surface area contributed by atoms with E-state index in [4.69, 9.17) is 4.74 Å². The normalized spacial score (nSPS) is 13.8. The second-order valence-corrected chi connectivity index (χ2v) is 4.14. The minimum absolute atomic E-state index is 0.508. The van der Waals surface area contributed by atoms with Gasteiger partial charge >= 0.3 is 0 Å². The fraction of sp³-hybridized carbons (Fsp3) is 0.154. The second kappa shape index (κ2) is 3.66. The number of hydrogen-bond donors (Lipinski definition) is 2. The van der Waals surface area contributed by atoms with Crippen molar-refractivity contribution in [2.24, 2.45) is 0 Å². The number of nitrogens with zero attached hydrogens (tertiary/aromatic N) is 1. The van der Waals surface area contributed by atoms with Crippen molar-refractivity contribution in [3.63, 3.8) is 0 Å². The zero-order valence-corrected chi connectivity index (χ0v) is 9.58. The van der Waals surface area contributed by atoms with E-state index in [9.17, 15) is 0 Å². The minimum atomic E-state index is 0.508. The third kappa shape index (κ3) is 1.78. The van der Waals surface area contributed by atoms with E-state index in [-0.39, 0.29) is 0 Å². The van der Waals surface area contributed by atoms with E-state index < -0.39 is 0 Å². The van der Waals surface area contributed by atoms with Crippen LogP contribution in [0.15, 0.2) is 36.7 Å². The van der Waals surface area contributed by atoms with Gasteiger partial charge in [0.25, 0.3) is 0 Å². The summed E-state index contributed by atoms with van der Waals surface area (Å²) in [7, 11) is 0. The van der Waals surface area contributed by atoms with E-state index in [0.717, 1.165) is 34.2 Å². The van der Waals surface area contributed by atoms with E-state index in [0.29, 0.717) is 6.61 Å². The Bertz CT molecular complexity index is 586. The van der Waals surface area contributed by atoms with Crippen molar-refractivity contribution in [1.29, 1.82) is 0 Å². The number of hydrogen-bond acceptors (Lipinski definition) is 3. The summed E-state index contributed by atoms with van der Waals surface area (Å²) < 4.78 is 5.60. The van der Waals surface area contributed by atoms with Crippen LogP contribution >= 0.6 is 0 Å². The van der Waals surface area contributed by atoms with Crippen molar-refractivity contribution >= 4 is 5.69 Å². The van der Waals surface area contributed by atoms with Crippen LogP contribution in [0.2, 0.25) is 0 Å². The van der Waals surface area contributed by atoms with E-state index in [2.05, 4.69) is 21.9 Å². The predicted molar refractivity (Wildman–Crippen MR) is 67.0 cm³/mol. The lowest BCUT2D eigenvalue weighted by Gasteiger charge is -2.21. The Morgan fingerprint density at radius 2 is 2.29 bits per heavy atom. The molecule has 0 radical (unpaired) electrons. The lowest BCUT2D eigenvalue weighted by Crippen LogP contribution is -2.15. The molecule has 0 saturated carbocycles. The highest BCUT2D eigenvalue weighted by Gasteiger charge is 2.13. The molecule has 0 fully saturated rings. The lowest BCUT2D eigenvalue weighted by molar-refractivity contribution is 0.347. The Morgan fingerprint density at radius 1 is 1.41 bits per heavy atom. The summed E-state index contributed by atoms with van der Waals surface area (Å²) in [6.07, 6.45) is 1.82. The standard InChI is InChI=1S/C13H13N3O/c1-8-6-14-13(16-8)10-3-4-11-12(5-10)17-7-9(2)15-11/h3-6,15H,2,7H2,1H3,(H,14,16). The summed E-state index contributed by atoms with van der Waals surface area (Å²) in [5.41, 5.74) is 3.89. The average Bonchev–Trinajstić information content (AvgIpc) is 2.75. The monoisotopic (exact) mass is 227 g/mol. The highest BCUT2D eigenvalue weighted by molar-refractivity contribution is 5.69. The van der Waals surface area contributed by atoms with Gasteiger partial charge in [-0.1, -0.05) is 6.58 Å². The number of fused-ring (bicyclic) bond motifs is 1. The largest absolute Gasteiger partial charge is 0.485 e. The van der Waals surface area contributed by atoms with Crippen LogP contribution < -0.4 is 10.1 Å². The number of anilines is 1. The molecule has 3 rings (SSSR count). The van der Waals surface area contributed by atoms with Gasteiger partial charge in [0.05, 0.1) is 5.69 Å². The summed E-state index contributed by atoms with van der Waals surface area (Å²) in [4.78, 5) is 7.50. The first kappa shape index (κ1) is 9.96. The van der Waals surface area contributed by atoms with Crippen molar-refractivity contribution in [1.82, 2.24) is 9.97 Å². The molecule has 86 valence electrons. The number of aromatic amines is 1. The van der Waals surface area contributed by atoms with Crippen LogP contribution in [0.3, 0.4) is 0 Å². The molecule has 0 amide bonds. The van der Waals surface area contributed by atoms with E-state index in [1.807, 2.05) is 31.3 Å². The quantitative estimate of drug-likeness (QED) is 0.787. The van der Waals surface area contributed by atoms with Crippen LogP contribution in [0, 0.1) is 6.92 Å². The molecule has 1 aliphatic heterocycles. The third-order valence-corrected chi connectivity index (χ3v) is 2.67. The van der Waals surface area contributed by atoms with Crippen LogP contribution in [-0.4, -0.2) is 16.6 Å². The number of ether oxygens (including phenoxy) is 1. The van der Waals surface area contributed by atoms with Gasteiger partial charge in [-0.25, -0.2) is 4.98 Å². The number of aryl methyl sites for hydroxylation is 1. The smallest absolute Gasteiger partial charge is 0.144 e. The third-order valence-electron chi connectivity index (χ3n) is 2.67. The molecule has 1 aromatic heterocycles. The van der Waals surface area contributed by atoms with Crippen LogP contribution in [0.1, 0.15) is 5.69 Å². The van der Waals surface area contributed by atoms with E-state index in [1.165, 1.54) is 0 Å². The van der Waals surface area contributed by atoms with Gasteiger partial charge in [-0.05, 0) is 25.1 Å². The zero-order chi connectivity index (χ0) is 11.8. The van der Waals surface area contributed by atoms with Crippen molar-refractivity contribution in [2.75, 3.05) is 11.9 Å². The summed E-state index contributed by atoms with van der Waals surface area (Å²) in [6, 6.07) is 5.96. The average molecular weight is 227 g/mol. The second-order valence-electron chi connectivity index (χ2n) is 4.14. The first-order valence-corrected chi connectivity index (χ1v) is 5.46. The molecule has 2 aromatic rings. The van der Waals surface area contributed by atoms with Crippen molar-refractivity contribution in [2.45, 2.75) is 6.92 Å². The van der Waals surface area contributed by atoms with Gasteiger partial charge in [0.1, 0.15) is 18.2 Å². The molecule has 4 heteroatoms. The Labute approximate surface area is 99.3 Å². The molecule has 0 unspecified atom stereocenters. The Balaban J connectivity index is 2.01. The number of H-pyrrole nitrogens is 1. The topological polar surface area (TPSA) is 49.9 Å². The minimum Gasteiger partial charge on any atom is -0.485 e. The fourth-order valence-corrected chi connectivity index (χ4v) is 1.84. The van der Waals surface area contributed by atoms with Gasteiger partial charge < -0.3 is 15.0 Å². The maximum absolute atomic E-state index is 5.60. The van der Waals surface area contributed by atoms with E-state index in [1.54, 1.807) is 0 Å². The molecule has 0 atom stereocenters. The maximum Gasteiger partial charge on any atom is 0.144 e. The summed E-state index contributed by atoms with van der Waals surface area (Å²) in [5.74, 6) is 1.70. The lowest BCUT2D eigenvalue weighted by atomic mass is 10.1. The highest BCUT2D eigenvalue weighted by atomic mass is 16.5. The SMILES string of the molecule is C=C1COc2cc(-c3ncc(C)[nH]3)ccc2N1. The molecular weight excluding hydrogens is 214 g/mol. The molecule has 2 N–H and O–H groups in total. The van der Waals surface area contributed by atoms with Crippen LogP contribution in [0.4, 0.5) is 5.69 Å². The summed E-state index contributed by atoms with van der Waals surface area (Å²) in [6.45, 7) is 6.33. The molecular formula is C13H13N3O. The first-order chi connectivity index (χ1) is 8.22. The number of aromatic nitrogens is 2.